The molecule has 18 heavy (non-hydrogen) atoms. The highest BCUT2D eigenvalue weighted by atomic mass is 16.5. The number of carboxylic acids is 1. The van der Waals surface area contributed by atoms with E-state index in [0.717, 1.165) is 0 Å². The van der Waals surface area contributed by atoms with E-state index in [1.54, 1.807) is 11.8 Å². The zero-order chi connectivity index (χ0) is 13.1. The molecule has 0 aliphatic carbocycles. The number of carboxylic acid groups (broad SMARTS) is 1. The second-order valence-electron chi connectivity index (χ2n) is 4.06. The Bertz CT molecular complexity index is 452. The second kappa shape index (κ2) is 5.28. The van der Waals surface area contributed by atoms with Crippen LogP contribution in [0.3, 0.4) is 0 Å². The van der Waals surface area contributed by atoms with Crippen LogP contribution in [-0.2, 0) is 4.74 Å². The lowest BCUT2D eigenvalue weighted by Gasteiger charge is -2.35. The molecule has 0 bridgehead atoms. The Balaban J connectivity index is 2.41. The van der Waals surface area contributed by atoms with Crippen LogP contribution in [0.5, 0.6) is 0 Å². The minimum absolute atomic E-state index is 0.0425. The number of hydrogen-bond acceptors (Lipinski definition) is 6. The zero-order valence-corrected chi connectivity index (χ0v) is 10.0. The van der Waals surface area contributed by atoms with E-state index in [0.29, 0.717) is 31.4 Å². The van der Waals surface area contributed by atoms with Gasteiger partial charge in [-0.1, -0.05) is 0 Å². The monoisotopic (exact) mass is 253 g/mol. The summed E-state index contributed by atoms with van der Waals surface area (Å²) in [6.45, 7) is 2.94. The Kier molecular flexibility index (Phi) is 3.73. The summed E-state index contributed by atoms with van der Waals surface area (Å²) in [5, 5.41) is 18.5. The molecule has 7 nitrogen and oxygen atoms in total. The number of carbonyl (C=O) groups is 1. The van der Waals surface area contributed by atoms with Gasteiger partial charge in [0.1, 0.15) is 17.2 Å². The molecule has 98 valence electrons. The van der Waals surface area contributed by atoms with E-state index in [-0.39, 0.29) is 18.2 Å². The number of aliphatic hydroxyl groups is 1. The van der Waals surface area contributed by atoms with Gasteiger partial charge in [-0.25, -0.2) is 14.8 Å². The van der Waals surface area contributed by atoms with Crippen molar-refractivity contribution < 1.29 is 19.7 Å². The van der Waals surface area contributed by atoms with E-state index >= 15 is 0 Å². The largest absolute Gasteiger partial charge is 0.477 e. The van der Waals surface area contributed by atoms with Crippen molar-refractivity contribution in [2.75, 3.05) is 31.3 Å². The minimum Gasteiger partial charge on any atom is -0.477 e. The SMILES string of the molecule is Cc1ncc(C(=O)O)c(N2CCOCC2CO)n1. The van der Waals surface area contributed by atoms with Crippen LogP contribution in [0, 0.1) is 6.92 Å². The summed E-state index contributed by atoms with van der Waals surface area (Å²) >= 11 is 0. The summed E-state index contributed by atoms with van der Waals surface area (Å²) < 4.78 is 5.26. The molecule has 1 fully saturated rings. The van der Waals surface area contributed by atoms with Crippen molar-refractivity contribution in [3.63, 3.8) is 0 Å². The van der Waals surface area contributed by atoms with E-state index < -0.39 is 5.97 Å². The number of ether oxygens (including phenoxy) is 1. The van der Waals surface area contributed by atoms with E-state index in [9.17, 15) is 9.90 Å². The Morgan fingerprint density at radius 3 is 3.11 bits per heavy atom. The van der Waals surface area contributed by atoms with Crippen LogP contribution in [0.1, 0.15) is 16.2 Å². The van der Waals surface area contributed by atoms with Crippen LogP contribution in [0.15, 0.2) is 6.20 Å². The van der Waals surface area contributed by atoms with Crippen molar-refractivity contribution in [1.82, 2.24) is 9.97 Å². The van der Waals surface area contributed by atoms with Crippen LogP contribution in [0.25, 0.3) is 0 Å². The molecule has 1 aliphatic heterocycles. The Labute approximate surface area is 104 Å². The molecule has 1 saturated heterocycles. The third-order valence-electron chi connectivity index (χ3n) is 2.83. The van der Waals surface area contributed by atoms with Crippen LogP contribution in [0.4, 0.5) is 5.82 Å². The van der Waals surface area contributed by atoms with Gasteiger partial charge in [0.15, 0.2) is 0 Å². The predicted molar refractivity (Wildman–Crippen MR) is 62.8 cm³/mol. The number of morpholine rings is 1. The van der Waals surface area contributed by atoms with Gasteiger partial charge >= 0.3 is 5.97 Å². The molecule has 0 spiro atoms. The number of aryl methyl sites for hydroxylation is 1. The van der Waals surface area contributed by atoms with Gasteiger partial charge in [0, 0.05) is 12.7 Å². The molecule has 1 unspecified atom stereocenters. The van der Waals surface area contributed by atoms with Gasteiger partial charge in [0.25, 0.3) is 0 Å². The van der Waals surface area contributed by atoms with Crippen LogP contribution >= 0.6 is 0 Å². The Hall–Kier alpha value is -1.73. The Morgan fingerprint density at radius 2 is 2.44 bits per heavy atom. The normalized spacial score (nSPS) is 19.9. The van der Waals surface area contributed by atoms with Crippen molar-refractivity contribution in [2.45, 2.75) is 13.0 Å². The molecular formula is C11H15N3O4. The number of nitrogens with zero attached hydrogens (tertiary/aromatic N) is 3. The number of hydrogen-bond donors (Lipinski definition) is 2. The molecule has 2 N–H and O–H groups in total. The van der Waals surface area contributed by atoms with Crippen LogP contribution < -0.4 is 4.90 Å². The molecule has 2 rings (SSSR count). The first-order chi connectivity index (χ1) is 8.63. The summed E-state index contributed by atoms with van der Waals surface area (Å²) in [6.07, 6.45) is 1.30. The zero-order valence-electron chi connectivity index (χ0n) is 10.0. The molecule has 0 radical (unpaired) electrons. The summed E-state index contributed by atoms with van der Waals surface area (Å²) in [5.74, 6) is -0.233. The number of aliphatic hydroxyl groups excluding tert-OH is 1. The fourth-order valence-corrected chi connectivity index (χ4v) is 1.91. The van der Waals surface area contributed by atoms with Crippen LogP contribution in [-0.4, -0.2) is 58.6 Å². The van der Waals surface area contributed by atoms with Crippen LogP contribution in [0.2, 0.25) is 0 Å². The van der Waals surface area contributed by atoms with Crippen molar-refractivity contribution in [3.8, 4) is 0 Å². The quantitative estimate of drug-likeness (QED) is 0.762. The average molecular weight is 253 g/mol. The van der Waals surface area contributed by atoms with Gasteiger partial charge in [0.2, 0.25) is 0 Å². The number of anilines is 1. The van der Waals surface area contributed by atoms with Gasteiger partial charge in [-0.05, 0) is 6.92 Å². The highest BCUT2D eigenvalue weighted by Gasteiger charge is 2.27. The maximum Gasteiger partial charge on any atom is 0.341 e. The van der Waals surface area contributed by atoms with Gasteiger partial charge < -0.3 is 19.8 Å². The lowest BCUT2D eigenvalue weighted by Crippen LogP contribution is -2.48. The number of aromatic carboxylic acids is 1. The highest BCUT2D eigenvalue weighted by Crippen LogP contribution is 2.21. The lowest BCUT2D eigenvalue weighted by molar-refractivity contribution is 0.0673. The first-order valence-corrected chi connectivity index (χ1v) is 5.65. The molecule has 1 atom stereocenters. The molecule has 0 saturated carbocycles. The molecular weight excluding hydrogens is 238 g/mol. The molecule has 0 amide bonds. The topological polar surface area (TPSA) is 95.8 Å². The molecule has 2 heterocycles. The first kappa shape index (κ1) is 12.7. The third-order valence-corrected chi connectivity index (χ3v) is 2.83. The molecule has 1 aliphatic rings. The number of rotatable bonds is 3. The smallest absolute Gasteiger partial charge is 0.341 e. The van der Waals surface area contributed by atoms with E-state index in [2.05, 4.69) is 9.97 Å². The van der Waals surface area contributed by atoms with E-state index in [1.165, 1.54) is 6.20 Å². The third kappa shape index (κ3) is 2.41. The molecule has 1 aromatic heterocycles. The minimum atomic E-state index is -1.08. The van der Waals surface area contributed by atoms with Gasteiger partial charge in [-0.2, -0.15) is 0 Å². The average Bonchev–Trinajstić information content (AvgIpc) is 2.38. The van der Waals surface area contributed by atoms with Crippen molar-refractivity contribution in [3.05, 3.63) is 17.6 Å². The predicted octanol–water partition coefficient (Wildman–Crippen LogP) is -0.319. The van der Waals surface area contributed by atoms with Crippen molar-refractivity contribution in [2.24, 2.45) is 0 Å². The summed E-state index contributed by atoms with van der Waals surface area (Å²) in [6, 6.07) is -0.272. The van der Waals surface area contributed by atoms with Crippen molar-refractivity contribution >= 4 is 11.8 Å². The summed E-state index contributed by atoms with van der Waals surface area (Å²) in [7, 11) is 0. The second-order valence-corrected chi connectivity index (χ2v) is 4.06. The maximum absolute atomic E-state index is 11.2. The standard InChI is InChI=1S/C11H15N3O4/c1-7-12-4-9(11(16)17)10(13-7)14-2-3-18-6-8(14)5-15/h4,8,15H,2-3,5-6H2,1H3,(H,16,17). The number of aromatic nitrogens is 2. The van der Waals surface area contributed by atoms with E-state index in [1.807, 2.05) is 0 Å². The lowest BCUT2D eigenvalue weighted by atomic mass is 10.2. The molecule has 7 heteroatoms. The van der Waals surface area contributed by atoms with Gasteiger partial charge in [-0.15, -0.1) is 0 Å². The summed E-state index contributed by atoms with van der Waals surface area (Å²) in [4.78, 5) is 21.0. The molecule has 0 aromatic carbocycles. The summed E-state index contributed by atoms with van der Waals surface area (Å²) in [5.41, 5.74) is 0.0425. The van der Waals surface area contributed by atoms with Gasteiger partial charge in [0.05, 0.1) is 25.9 Å². The molecule has 1 aromatic rings. The van der Waals surface area contributed by atoms with Crippen molar-refractivity contribution in [1.29, 1.82) is 0 Å². The van der Waals surface area contributed by atoms with Gasteiger partial charge in [-0.3, -0.25) is 0 Å². The fraction of sp³-hybridized carbons (Fsp3) is 0.545. The first-order valence-electron chi connectivity index (χ1n) is 5.65. The Morgan fingerprint density at radius 1 is 1.67 bits per heavy atom. The fourth-order valence-electron chi connectivity index (χ4n) is 1.91. The maximum atomic E-state index is 11.2. The van der Waals surface area contributed by atoms with E-state index in [4.69, 9.17) is 9.84 Å². The highest BCUT2D eigenvalue weighted by molar-refractivity contribution is 5.93.